The smallest absolute Gasteiger partial charge is 0.350 e. The lowest BCUT2D eigenvalue weighted by Crippen LogP contribution is -2.65. The molecule has 4 N–H and O–H groups in total. The number of hydrogen-bond donors (Lipinski definition) is 4. The van der Waals surface area contributed by atoms with E-state index in [-0.39, 0.29) is 24.8 Å². The Morgan fingerprint density at radius 3 is 2.42 bits per heavy atom. The predicted octanol–water partition coefficient (Wildman–Crippen LogP) is 1.08. The average molecular weight is 439 g/mol. The minimum absolute atomic E-state index is 0.0577. The fraction of sp³-hybridized carbons (Fsp3) is 0.818. The molecule has 0 aliphatic carbocycles. The van der Waals surface area contributed by atoms with Crippen LogP contribution in [0.1, 0.15) is 65.7 Å². The first-order chi connectivity index (χ1) is 14.6. The van der Waals surface area contributed by atoms with E-state index in [2.05, 4.69) is 16.0 Å². The molecule has 2 heterocycles. The summed E-state index contributed by atoms with van der Waals surface area (Å²) >= 11 is 0. The van der Waals surface area contributed by atoms with E-state index in [1.165, 1.54) is 6.92 Å². The standard InChI is InChI=1S/C22H38N4O5/c1-15(2)13-18(27)24-22(3,21(30)31)25-20(29)17-5-4-12-26(14-17)19(28)7-6-16-8-10-23-11-9-16/h15-17,23H,4-14H2,1-3H3,(H,24,27)(H,25,29)(H,30,31)/t17-,22+/m1/s1. The molecule has 0 bridgehead atoms. The van der Waals surface area contributed by atoms with Gasteiger partial charge in [0.2, 0.25) is 23.4 Å². The zero-order valence-corrected chi connectivity index (χ0v) is 19.0. The van der Waals surface area contributed by atoms with Crippen molar-refractivity contribution in [3.63, 3.8) is 0 Å². The second-order valence-corrected chi connectivity index (χ2v) is 9.48. The summed E-state index contributed by atoms with van der Waals surface area (Å²) in [5.41, 5.74) is -1.88. The molecule has 2 fully saturated rings. The Labute approximate surface area is 184 Å². The average Bonchev–Trinajstić information content (AvgIpc) is 2.72. The van der Waals surface area contributed by atoms with Gasteiger partial charge in [-0.25, -0.2) is 4.79 Å². The molecule has 0 aromatic carbocycles. The van der Waals surface area contributed by atoms with Crippen LogP contribution in [0, 0.1) is 17.8 Å². The second-order valence-electron chi connectivity index (χ2n) is 9.48. The molecule has 0 spiro atoms. The number of nitrogens with zero attached hydrogens (tertiary/aromatic N) is 1. The first kappa shape index (κ1) is 25.1. The Bertz CT molecular complexity index is 662. The van der Waals surface area contributed by atoms with E-state index in [0.717, 1.165) is 32.4 Å². The van der Waals surface area contributed by atoms with Crippen molar-refractivity contribution in [2.45, 2.75) is 71.4 Å². The molecule has 9 heteroatoms. The molecule has 176 valence electrons. The zero-order chi connectivity index (χ0) is 23.0. The van der Waals surface area contributed by atoms with Crippen molar-refractivity contribution in [2.24, 2.45) is 17.8 Å². The summed E-state index contributed by atoms with van der Waals surface area (Å²) in [6.07, 6.45) is 4.98. The lowest BCUT2D eigenvalue weighted by molar-refractivity contribution is -0.152. The number of aliphatic carboxylic acids is 1. The quantitative estimate of drug-likeness (QED) is 0.399. The SMILES string of the molecule is CC(C)CC(=O)N[C@@](C)(NC(=O)[C@@H]1CCCN(C(=O)CCC2CCNCC2)C1)C(=O)O. The van der Waals surface area contributed by atoms with Gasteiger partial charge in [0.25, 0.3) is 0 Å². The molecule has 0 aromatic rings. The maximum Gasteiger partial charge on any atom is 0.350 e. The van der Waals surface area contributed by atoms with Crippen molar-refractivity contribution in [3.05, 3.63) is 0 Å². The van der Waals surface area contributed by atoms with Crippen LogP contribution in [0.25, 0.3) is 0 Å². The van der Waals surface area contributed by atoms with Crippen LogP contribution >= 0.6 is 0 Å². The van der Waals surface area contributed by atoms with Crippen molar-refractivity contribution in [3.8, 4) is 0 Å². The third kappa shape index (κ3) is 7.79. The number of carboxylic acids is 1. The van der Waals surface area contributed by atoms with Gasteiger partial charge in [-0.1, -0.05) is 13.8 Å². The molecular formula is C22H38N4O5. The van der Waals surface area contributed by atoms with E-state index < -0.39 is 29.4 Å². The predicted molar refractivity (Wildman–Crippen MR) is 116 cm³/mol. The topological polar surface area (TPSA) is 128 Å². The van der Waals surface area contributed by atoms with Crippen LogP contribution in [0.15, 0.2) is 0 Å². The van der Waals surface area contributed by atoms with Gasteiger partial charge in [0.1, 0.15) is 0 Å². The molecule has 2 aliphatic heterocycles. The molecule has 0 aromatic heterocycles. The molecular weight excluding hydrogens is 400 g/mol. The summed E-state index contributed by atoms with van der Waals surface area (Å²) in [6, 6.07) is 0. The van der Waals surface area contributed by atoms with E-state index in [1.54, 1.807) is 4.90 Å². The molecule has 2 atom stereocenters. The zero-order valence-electron chi connectivity index (χ0n) is 19.0. The molecule has 0 unspecified atom stereocenters. The highest BCUT2D eigenvalue weighted by atomic mass is 16.4. The first-order valence-electron chi connectivity index (χ1n) is 11.5. The van der Waals surface area contributed by atoms with Gasteiger partial charge >= 0.3 is 5.97 Å². The Morgan fingerprint density at radius 2 is 1.81 bits per heavy atom. The fourth-order valence-corrected chi connectivity index (χ4v) is 4.26. The highest BCUT2D eigenvalue weighted by molar-refractivity contribution is 5.91. The first-order valence-corrected chi connectivity index (χ1v) is 11.5. The molecule has 2 aliphatic rings. The summed E-state index contributed by atoms with van der Waals surface area (Å²) in [6.45, 7) is 7.89. The molecule has 2 saturated heterocycles. The molecule has 3 amide bonds. The highest BCUT2D eigenvalue weighted by Crippen LogP contribution is 2.22. The van der Waals surface area contributed by atoms with Gasteiger partial charge in [-0.15, -0.1) is 0 Å². The number of amides is 3. The summed E-state index contributed by atoms with van der Waals surface area (Å²) < 4.78 is 0. The van der Waals surface area contributed by atoms with Crippen LogP contribution in [-0.4, -0.2) is 65.5 Å². The number of nitrogens with one attached hydrogen (secondary N) is 3. The van der Waals surface area contributed by atoms with E-state index in [4.69, 9.17) is 0 Å². The number of piperidine rings is 2. The van der Waals surface area contributed by atoms with Crippen LogP contribution in [0.3, 0.4) is 0 Å². The van der Waals surface area contributed by atoms with Gasteiger partial charge in [-0.05, 0) is 64.0 Å². The summed E-state index contributed by atoms with van der Waals surface area (Å²) in [5.74, 6) is -2.01. The summed E-state index contributed by atoms with van der Waals surface area (Å²) in [4.78, 5) is 51.1. The van der Waals surface area contributed by atoms with Gasteiger partial charge < -0.3 is 26.0 Å². The molecule has 2 rings (SSSR count). The second kappa shape index (κ2) is 11.5. The fourth-order valence-electron chi connectivity index (χ4n) is 4.26. The largest absolute Gasteiger partial charge is 0.478 e. The third-order valence-electron chi connectivity index (χ3n) is 6.15. The lowest BCUT2D eigenvalue weighted by atomic mass is 9.92. The van der Waals surface area contributed by atoms with Crippen LogP contribution in [-0.2, 0) is 19.2 Å². The van der Waals surface area contributed by atoms with Crippen molar-refractivity contribution in [1.29, 1.82) is 0 Å². The van der Waals surface area contributed by atoms with E-state index in [0.29, 0.717) is 31.7 Å². The normalized spacial score (nSPS) is 21.9. The number of carbonyl (C=O) groups excluding carboxylic acids is 3. The lowest BCUT2D eigenvalue weighted by Gasteiger charge is -2.35. The van der Waals surface area contributed by atoms with Crippen LogP contribution in [0.2, 0.25) is 0 Å². The van der Waals surface area contributed by atoms with Gasteiger partial charge in [0.15, 0.2) is 0 Å². The van der Waals surface area contributed by atoms with Gasteiger partial charge in [0.05, 0.1) is 5.92 Å². The Morgan fingerprint density at radius 1 is 1.13 bits per heavy atom. The summed E-state index contributed by atoms with van der Waals surface area (Å²) in [7, 11) is 0. The van der Waals surface area contributed by atoms with Crippen molar-refractivity contribution < 1.29 is 24.3 Å². The number of rotatable bonds is 9. The molecule has 0 saturated carbocycles. The van der Waals surface area contributed by atoms with Crippen molar-refractivity contribution in [2.75, 3.05) is 26.2 Å². The molecule has 0 radical (unpaired) electrons. The third-order valence-corrected chi connectivity index (χ3v) is 6.15. The number of likely N-dealkylation sites (tertiary alicyclic amines) is 1. The van der Waals surface area contributed by atoms with Gasteiger partial charge in [0, 0.05) is 25.9 Å². The number of hydrogen-bond acceptors (Lipinski definition) is 5. The summed E-state index contributed by atoms with van der Waals surface area (Å²) in [5, 5.41) is 17.8. The van der Waals surface area contributed by atoms with E-state index in [1.807, 2.05) is 13.8 Å². The van der Waals surface area contributed by atoms with Crippen LogP contribution < -0.4 is 16.0 Å². The number of carboxylic acid groups (broad SMARTS) is 1. The minimum Gasteiger partial charge on any atom is -0.478 e. The Hall–Kier alpha value is -2.16. The van der Waals surface area contributed by atoms with E-state index in [9.17, 15) is 24.3 Å². The van der Waals surface area contributed by atoms with Crippen molar-refractivity contribution in [1.82, 2.24) is 20.9 Å². The van der Waals surface area contributed by atoms with Crippen LogP contribution in [0.4, 0.5) is 0 Å². The molecule has 9 nitrogen and oxygen atoms in total. The van der Waals surface area contributed by atoms with E-state index >= 15 is 0 Å². The highest BCUT2D eigenvalue weighted by Gasteiger charge is 2.39. The molecule has 31 heavy (non-hydrogen) atoms. The monoisotopic (exact) mass is 438 g/mol. The Balaban J connectivity index is 1.90. The van der Waals surface area contributed by atoms with Crippen molar-refractivity contribution >= 4 is 23.7 Å². The Kier molecular flexibility index (Phi) is 9.28. The van der Waals surface area contributed by atoms with Gasteiger partial charge in [-0.2, -0.15) is 0 Å². The maximum atomic E-state index is 12.8. The van der Waals surface area contributed by atoms with Gasteiger partial charge in [-0.3, -0.25) is 14.4 Å². The van der Waals surface area contributed by atoms with Crippen LogP contribution in [0.5, 0.6) is 0 Å². The minimum atomic E-state index is -1.88. The number of carbonyl (C=O) groups is 4. The maximum absolute atomic E-state index is 12.8.